The van der Waals surface area contributed by atoms with Crippen LogP contribution in [0.5, 0.6) is 0 Å². The van der Waals surface area contributed by atoms with Crippen molar-refractivity contribution in [2.75, 3.05) is 16.8 Å². The molecule has 1 aliphatic carbocycles. The highest BCUT2D eigenvalue weighted by Gasteiger charge is 2.31. The van der Waals surface area contributed by atoms with Crippen molar-refractivity contribution in [2.24, 2.45) is 0 Å². The number of nitriles is 1. The molecule has 0 saturated heterocycles. The van der Waals surface area contributed by atoms with Crippen LogP contribution < -0.4 is 26.4 Å². The number of H-pyrrole nitrogens is 1. The van der Waals surface area contributed by atoms with Crippen LogP contribution >= 0.6 is 0 Å². The van der Waals surface area contributed by atoms with Crippen molar-refractivity contribution in [3.8, 4) is 6.07 Å². The number of hydrogen-bond acceptors (Lipinski definition) is 6. The summed E-state index contributed by atoms with van der Waals surface area (Å²) in [6.45, 7) is 1.12. The summed E-state index contributed by atoms with van der Waals surface area (Å²) < 4.78 is 0. The molecule has 2 amide bonds. The monoisotopic (exact) mass is 521 g/mol. The second-order valence-corrected chi connectivity index (χ2v) is 9.70. The zero-order valence-electron chi connectivity index (χ0n) is 21.6. The summed E-state index contributed by atoms with van der Waals surface area (Å²) in [4.78, 5) is 35.8. The number of aromatic amines is 1. The average Bonchev–Trinajstić information content (AvgIpc) is 2.99. The summed E-state index contributed by atoms with van der Waals surface area (Å²) in [6, 6.07) is 18.7. The Morgan fingerprint density at radius 1 is 1.08 bits per heavy atom. The Morgan fingerprint density at radius 3 is 2.56 bits per heavy atom. The van der Waals surface area contributed by atoms with Crippen molar-refractivity contribution in [1.82, 2.24) is 20.6 Å². The molecule has 0 bridgehead atoms. The average molecular weight is 522 g/mol. The number of pyridine rings is 2. The van der Waals surface area contributed by atoms with Crippen LogP contribution in [-0.2, 0) is 6.54 Å². The Bertz CT molecular complexity index is 1450. The standard InChI is InChI=1S/C30H31N7O2/c31-17-22-8-15-28(33-19-22)35-24-9-11-25(12-10-24)37(30(39)34-18-21-5-2-1-3-6-21)27-14-13-26(36-29(27)38)23-7-4-16-32-20-23/h1-8,13-15,19-20,24-25,32H,9-12,16,18H2,(H,33,35)(H,34,39)(H,36,38)/t24-,25-. The van der Waals surface area contributed by atoms with Crippen LogP contribution in [0.1, 0.15) is 42.5 Å². The van der Waals surface area contributed by atoms with Gasteiger partial charge in [-0.1, -0.05) is 42.5 Å². The van der Waals surface area contributed by atoms with E-state index in [-0.39, 0.29) is 23.7 Å². The van der Waals surface area contributed by atoms with Gasteiger partial charge >= 0.3 is 6.03 Å². The Kier molecular flexibility index (Phi) is 8.03. The van der Waals surface area contributed by atoms with Crippen molar-refractivity contribution in [1.29, 1.82) is 5.26 Å². The van der Waals surface area contributed by atoms with E-state index >= 15 is 0 Å². The number of rotatable bonds is 7. The molecular weight excluding hydrogens is 490 g/mol. The number of aromatic nitrogens is 2. The maximum absolute atomic E-state index is 13.6. The van der Waals surface area contributed by atoms with E-state index in [9.17, 15) is 9.59 Å². The van der Waals surface area contributed by atoms with Gasteiger partial charge in [0, 0.05) is 48.8 Å². The minimum Gasteiger partial charge on any atom is -0.387 e. The van der Waals surface area contributed by atoms with Crippen LogP contribution in [-0.4, -0.2) is 34.6 Å². The molecule has 0 atom stereocenters. The lowest BCUT2D eigenvalue weighted by Crippen LogP contribution is -2.50. The number of benzene rings is 1. The van der Waals surface area contributed by atoms with Crippen LogP contribution in [0, 0.1) is 11.3 Å². The Morgan fingerprint density at radius 2 is 1.90 bits per heavy atom. The quantitative estimate of drug-likeness (QED) is 0.368. The minimum atomic E-state index is -0.302. The Labute approximate surface area is 227 Å². The third kappa shape index (κ3) is 6.36. The van der Waals surface area contributed by atoms with E-state index in [1.807, 2.05) is 60.8 Å². The smallest absolute Gasteiger partial charge is 0.322 e. The second-order valence-electron chi connectivity index (χ2n) is 9.70. The minimum absolute atomic E-state index is 0.129. The van der Waals surface area contributed by atoms with Gasteiger partial charge in [-0.05, 0) is 55.5 Å². The first-order valence-electron chi connectivity index (χ1n) is 13.2. The zero-order chi connectivity index (χ0) is 27.0. The van der Waals surface area contributed by atoms with Crippen molar-refractivity contribution >= 4 is 23.1 Å². The molecule has 9 heteroatoms. The molecule has 1 fully saturated rings. The predicted molar refractivity (Wildman–Crippen MR) is 152 cm³/mol. The van der Waals surface area contributed by atoms with Gasteiger partial charge in [0.25, 0.3) is 5.56 Å². The van der Waals surface area contributed by atoms with Gasteiger partial charge in [-0.15, -0.1) is 0 Å². The van der Waals surface area contributed by atoms with Crippen LogP contribution in [0.2, 0.25) is 0 Å². The molecule has 3 heterocycles. The van der Waals surface area contributed by atoms with Gasteiger partial charge in [0.1, 0.15) is 17.6 Å². The highest BCUT2D eigenvalue weighted by molar-refractivity contribution is 5.92. The number of allylic oxidation sites excluding steroid dienone is 2. The summed E-state index contributed by atoms with van der Waals surface area (Å²) in [5, 5.41) is 18.6. The number of urea groups is 1. The first kappa shape index (κ1) is 25.8. The molecule has 2 aromatic heterocycles. The van der Waals surface area contributed by atoms with Crippen LogP contribution in [0.15, 0.2) is 83.9 Å². The molecule has 0 radical (unpaired) electrons. The van der Waals surface area contributed by atoms with E-state index in [0.29, 0.717) is 23.5 Å². The maximum atomic E-state index is 13.6. The van der Waals surface area contributed by atoms with E-state index in [0.717, 1.165) is 49.2 Å². The molecule has 9 nitrogen and oxygen atoms in total. The zero-order valence-corrected chi connectivity index (χ0v) is 21.6. The number of amides is 2. The number of anilines is 2. The Hall–Kier alpha value is -4.84. The molecule has 1 aliphatic heterocycles. The highest BCUT2D eigenvalue weighted by atomic mass is 16.2. The van der Waals surface area contributed by atoms with E-state index in [4.69, 9.17) is 5.26 Å². The number of carbonyl (C=O) groups excluding carboxylic acids is 1. The molecule has 4 N–H and O–H groups in total. The molecule has 1 aromatic carbocycles. The van der Waals surface area contributed by atoms with Crippen LogP contribution in [0.3, 0.4) is 0 Å². The molecule has 3 aromatic rings. The van der Waals surface area contributed by atoms with Crippen molar-refractivity contribution < 1.29 is 4.79 Å². The second kappa shape index (κ2) is 12.1. The third-order valence-electron chi connectivity index (χ3n) is 7.06. The summed E-state index contributed by atoms with van der Waals surface area (Å²) in [7, 11) is 0. The lowest BCUT2D eigenvalue weighted by molar-refractivity contribution is 0.240. The summed E-state index contributed by atoms with van der Waals surface area (Å²) >= 11 is 0. The van der Waals surface area contributed by atoms with Gasteiger partial charge in [-0.2, -0.15) is 5.26 Å². The normalized spacial score (nSPS) is 18.3. The lowest BCUT2D eigenvalue weighted by Gasteiger charge is -2.37. The molecule has 39 heavy (non-hydrogen) atoms. The first-order chi connectivity index (χ1) is 19.1. The van der Waals surface area contributed by atoms with Crippen LogP contribution in [0.4, 0.5) is 16.3 Å². The molecule has 2 aliphatic rings. The number of carbonyl (C=O) groups is 1. The molecule has 198 valence electrons. The maximum Gasteiger partial charge on any atom is 0.322 e. The van der Waals surface area contributed by atoms with Gasteiger partial charge in [0.15, 0.2) is 0 Å². The fourth-order valence-electron chi connectivity index (χ4n) is 5.03. The van der Waals surface area contributed by atoms with Gasteiger partial charge in [0.2, 0.25) is 0 Å². The summed E-state index contributed by atoms with van der Waals surface area (Å²) in [6.07, 6.45) is 10.5. The SMILES string of the molecule is N#Cc1ccc(N[C@H]2CC[C@H](N(C(=O)NCc3ccccc3)c3ccc(C4=CNCC=C4)[nH]c3=O)CC2)nc1. The van der Waals surface area contributed by atoms with Gasteiger partial charge in [0.05, 0.1) is 5.56 Å². The van der Waals surface area contributed by atoms with E-state index in [1.165, 1.54) is 0 Å². The molecule has 1 saturated carbocycles. The lowest BCUT2D eigenvalue weighted by atomic mass is 9.90. The van der Waals surface area contributed by atoms with Crippen molar-refractivity contribution in [3.63, 3.8) is 0 Å². The number of nitrogens with zero attached hydrogens (tertiary/aromatic N) is 3. The molecule has 0 unspecified atom stereocenters. The first-order valence-corrected chi connectivity index (χ1v) is 13.2. The highest BCUT2D eigenvalue weighted by Crippen LogP contribution is 2.28. The van der Waals surface area contributed by atoms with Gasteiger partial charge < -0.3 is 20.9 Å². The van der Waals surface area contributed by atoms with Gasteiger partial charge in [-0.3, -0.25) is 9.69 Å². The largest absolute Gasteiger partial charge is 0.387 e. The fraction of sp³-hybridized carbons (Fsp3) is 0.267. The van der Waals surface area contributed by atoms with Crippen molar-refractivity contribution in [3.05, 3.63) is 106 Å². The van der Waals surface area contributed by atoms with E-state index in [2.05, 4.69) is 32.0 Å². The number of dihydropyridines is 1. The number of nitrogens with one attached hydrogen (secondary N) is 4. The van der Waals surface area contributed by atoms with E-state index in [1.54, 1.807) is 23.2 Å². The molecule has 0 spiro atoms. The fourth-order valence-corrected chi connectivity index (χ4v) is 5.03. The summed E-state index contributed by atoms with van der Waals surface area (Å²) in [5.74, 6) is 0.725. The third-order valence-corrected chi connectivity index (χ3v) is 7.06. The van der Waals surface area contributed by atoms with Crippen molar-refractivity contribution in [2.45, 2.75) is 44.3 Å². The van der Waals surface area contributed by atoms with Crippen LogP contribution in [0.25, 0.3) is 5.57 Å². The Balaban J connectivity index is 1.33. The summed E-state index contributed by atoms with van der Waals surface area (Å²) in [5.41, 5.74) is 3.12. The molecular formula is C30H31N7O2. The van der Waals surface area contributed by atoms with E-state index < -0.39 is 0 Å². The predicted octanol–water partition coefficient (Wildman–Crippen LogP) is 4.28. The topological polar surface area (TPSA) is 126 Å². The molecule has 5 rings (SSSR count). The number of hydrogen-bond donors (Lipinski definition) is 4. The van der Waals surface area contributed by atoms with Gasteiger partial charge in [-0.25, -0.2) is 9.78 Å².